The van der Waals surface area contributed by atoms with Crippen molar-refractivity contribution in [2.24, 2.45) is 5.73 Å². The van der Waals surface area contributed by atoms with Crippen LogP contribution in [-0.4, -0.2) is 5.60 Å². The lowest BCUT2D eigenvalue weighted by Gasteiger charge is -2.16. The molecule has 1 heterocycles. The normalized spacial score (nSPS) is 21.8. The summed E-state index contributed by atoms with van der Waals surface area (Å²) in [5.41, 5.74) is 12.8. The van der Waals surface area contributed by atoms with E-state index in [0.29, 0.717) is 0 Å². The van der Waals surface area contributed by atoms with Gasteiger partial charge in [0.2, 0.25) is 0 Å². The van der Waals surface area contributed by atoms with Crippen LogP contribution in [0.1, 0.15) is 43.0 Å². The fourth-order valence-electron chi connectivity index (χ4n) is 3.73. The molecule has 1 aliphatic heterocycles. The Labute approximate surface area is 125 Å². The zero-order chi connectivity index (χ0) is 14.6. The van der Waals surface area contributed by atoms with Gasteiger partial charge in [-0.15, -0.1) is 0 Å². The summed E-state index contributed by atoms with van der Waals surface area (Å²) in [4.78, 5) is 0. The van der Waals surface area contributed by atoms with Crippen LogP contribution in [0, 0.1) is 0 Å². The molecular formula is C19H21NO. The van der Waals surface area contributed by atoms with Crippen molar-refractivity contribution in [2.75, 3.05) is 0 Å². The number of hydrogen-bond acceptors (Lipinski definition) is 2. The highest BCUT2D eigenvalue weighted by atomic mass is 16.5. The van der Waals surface area contributed by atoms with E-state index >= 15 is 0 Å². The molecule has 4 rings (SSSR count). The van der Waals surface area contributed by atoms with Crippen molar-refractivity contribution in [3.63, 3.8) is 0 Å². The first-order valence-electron chi connectivity index (χ1n) is 7.73. The topological polar surface area (TPSA) is 35.2 Å². The Morgan fingerprint density at radius 3 is 2.90 bits per heavy atom. The minimum absolute atomic E-state index is 0.0814. The highest BCUT2D eigenvalue weighted by Gasteiger charge is 2.30. The van der Waals surface area contributed by atoms with Crippen LogP contribution >= 0.6 is 0 Å². The molecule has 1 aliphatic carbocycles. The largest absolute Gasteiger partial charge is 0.487 e. The molecule has 0 spiro atoms. The van der Waals surface area contributed by atoms with Crippen LogP contribution in [0.3, 0.4) is 0 Å². The van der Waals surface area contributed by atoms with Gasteiger partial charge in [0.25, 0.3) is 0 Å². The smallest absolute Gasteiger partial charge is 0.123 e. The van der Waals surface area contributed by atoms with E-state index < -0.39 is 0 Å². The number of rotatable bonds is 1. The molecule has 108 valence electrons. The lowest BCUT2D eigenvalue weighted by molar-refractivity contribution is 0.138. The molecule has 2 heteroatoms. The first kappa shape index (κ1) is 12.9. The standard InChI is InChI=1S/C19H21NO/c1-19(2)11-13-10-12(6-9-18(13)21-19)14-4-3-5-16-15(14)7-8-17(16)20/h3-6,9-10,17H,7-8,11,20H2,1-2H3. The fourth-order valence-corrected chi connectivity index (χ4v) is 3.73. The van der Waals surface area contributed by atoms with Crippen LogP contribution in [0.2, 0.25) is 0 Å². The van der Waals surface area contributed by atoms with Gasteiger partial charge >= 0.3 is 0 Å². The number of hydrogen-bond donors (Lipinski definition) is 1. The SMILES string of the molecule is CC1(C)Cc2cc(-c3cccc4c3CCC4N)ccc2O1. The first-order chi connectivity index (χ1) is 10.0. The van der Waals surface area contributed by atoms with Crippen molar-refractivity contribution in [3.05, 3.63) is 53.1 Å². The number of benzene rings is 2. The van der Waals surface area contributed by atoms with E-state index in [2.05, 4.69) is 50.2 Å². The zero-order valence-electron chi connectivity index (χ0n) is 12.6. The van der Waals surface area contributed by atoms with Gasteiger partial charge in [-0.1, -0.05) is 24.3 Å². The van der Waals surface area contributed by atoms with Gasteiger partial charge in [-0.3, -0.25) is 0 Å². The molecule has 2 aromatic rings. The van der Waals surface area contributed by atoms with E-state index in [9.17, 15) is 0 Å². The van der Waals surface area contributed by atoms with Gasteiger partial charge in [0.15, 0.2) is 0 Å². The second kappa shape index (κ2) is 4.35. The van der Waals surface area contributed by atoms with Crippen LogP contribution in [0.4, 0.5) is 0 Å². The molecule has 0 fully saturated rings. The van der Waals surface area contributed by atoms with Crippen LogP contribution in [0.5, 0.6) is 5.75 Å². The molecule has 1 atom stereocenters. The van der Waals surface area contributed by atoms with Crippen LogP contribution in [0.25, 0.3) is 11.1 Å². The summed E-state index contributed by atoms with van der Waals surface area (Å²) in [6.07, 6.45) is 3.13. The maximum atomic E-state index is 6.20. The van der Waals surface area contributed by atoms with Crippen molar-refractivity contribution in [2.45, 2.75) is 44.8 Å². The molecule has 0 bridgehead atoms. The Morgan fingerprint density at radius 2 is 2.05 bits per heavy atom. The van der Waals surface area contributed by atoms with Gasteiger partial charge < -0.3 is 10.5 Å². The van der Waals surface area contributed by atoms with Gasteiger partial charge in [-0.25, -0.2) is 0 Å². The third-order valence-electron chi connectivity index (χ3n) is 4.69. The molecule has 21 heavy (non-hydrogen) atoms. The average Bonchev–Trinajstić information content (AvgIpc) is 2.96. The number of nitrogens with two attached hydrogens (primary N) is 1. The lowest BCUT2D eigenvalue weighted by atomic mass is 9.93. The van der Waals surface area contributed by atoms with E-state index in [1.807, 2.05) is 0 Å². The molecule has 2 aliphatic rings. The second-order valence-corrected chi connectivity index (χ2v) is 6.88. The molecular weight excluding hydrogens is 258 g/mol. The summed E-state index contributed by atoms with van der Waals surface area (Å²) in [6, 6.07) is 13.3. The van der Waals surface area contributed by atoms with Crippen molar-refractivity contribution < 1.29 is 4.74 Å². The molecule has 0 radical (unpaired) electrons. The second-order valence-electron chi connectivity index (χ2n) is 6.88. The van der Waals surface area contributed by atoms with Gasteiger partial charge in [0.1, 0.15) is 11.4 Å². The predicted molar refractivity (Wildman–Crippen MR) is 85.5 cm³/mol. The van der Waals surface area contributed by atoms with Gasteiger partial charge in [-0.05, 0) is 66.6 Å². The maximum Gasteiger partial charge on any atom is 0.123 e. The van der Waals surface area contributed by atoms with Crippen LogP contribution < -0.4 is 10.5 Å². The van der Waals surface area contributed by atoms with Crippen molar-refractivity contribution in [1.82, 2.24) is 0 Å². The third kappa shape index (κ3) is 2.06. The Bertz CT molecular complexity index is 718. The van der Waals surface area contributed by atoms with E-state index in [1.165, 1.54) is 27.8 Å². The third-order valence-corrected chi connectivity index (χ3v) is 4.69. The quantitative estimate of drug-likeness (QED) is 0.856. The molecule has 2 aromatic carbocycles. The van der Waals surface area contributed by atoms with E-state index in [-0.39, 0.29) is 11.6 Å². The van der Waals surface area contributed by atoms with Crippen LogP contribution in [0.15, 0.2) is 36.4 Å². The Hall–Kier alpha value is -1.80. The maximum absolute atomic E-state index is 6.20. The van der Waals surface area contributed by atoms with E-state index in [0.717, 1.165) is 25.0 Å². The minimum atomic E-state index is -0.0814. The summed E-state index contributed by atoms with van der Waals surface area (Å²) < 4.78 is 5.97. The Kier molecular flexibility index (Phi) is 2.67. The van der Waals surface area contributed by atoms with E-state index in [4.69, 9.17) is 10.5 Å². The number of fused-ring (bicyclic) bond motifs is 2. The Morgan fingerprint density at radius 1 is 1.19 bits per heavy atom. The summed E-state index contributed by atoms with van der Waals surface area (Å²) in [6.45, 7) is 4.29. The molecule has 2 N–H and O–H groups in total. The molecule has 0 saturated heterocycles. The molecule has 0 amide bonds. The van der Waals surface area contributed by atoms with Crippen molar-refractivity contribution in [1.29, 1.82) is 0 Å². The summed E-state index contributed by atoms with van der Waals surface area (Å²) in [7, 11) is 0. The van der Waals surface area contributed by atoms with Gasteiger partial charge in [0.05, 0.1) is 0 Å². The Balaban J connectivity index is 1.80. The summed E-state index contributed by atoms with van der Waals surface area (Å²) >= 11 is 0. The fraction of sp³-hybridized carbons (Fsp3) is 0.368. The minimum Gasteiger partial charge on any atom is -0.487 e. The van der Waals surface area contributed by atoms with Crippen molar-refractivity contribution in [3.8, 4) is 16.9 Å². The predicted octanol–water partition coefficient (Wildman–Crippen LogP) is 4.01. The lowest BCUT2D eigenvalue weighted by Crippen LogP contribution is -2.24. The first-order valence-corrected chi connectivity index (χ1v) is 7.73. The average molecular weight is 279 g/mol. The summed E-state index contributed by atoms with van der Waals surface area (Å²) in [5.74, 6) is 1.04. The molecule has 0 saturated carbocycles. The highest BCUT2D eigenvalue weighted by molar-refractivity contribution is 5.72. The molecule has 2 nitrogen and oxygen atoms in total. The monoisotopic (exact) mass is 279 g/mol. The summed E-state index contributed by atoms with van der Waals surface area (Å²) in [5, 5.41) is 0. The van der Waals surface area contributed by atoms with Gasteiger partial charge in [0, 0.05) is 12.5 Å². The van der Waals surface area contributed by atoms with Gasteiger partial charge in [-0.2, -0.15) is 0 Å². The molecule has 0 aromatic heterocycles. The molecule has 1 unspecified atom stereocenters. The van der Waals surface area contributed by atoms with Crippen LogP contribution in [-0.2, 0) is 12.8 Å². The number of ether oxygens (including phenoxy) is 1. The van der Waals surface area contributed by atoms with E-state index in [1.54, 1.807) is 0 Å². The highest BCUT2D eigenvalue weighted by Crippen LogP contribution is 2.40. The van der Waals surface area contributed by atoms with Crippen molar-refractivity contribution >= 4 is 0 Å². The zero-order valence-corrected chi connectivity index (χ0v) is 12.6.